The molecule has 0 unspecified atom stereocenters. The molecule has 1 amide bonds. The fourth-order valence-electron chi connectivity index (χ4n) is 4.05. The lowest BCUT2D eigenvalue weighted by Crippen LogP contribution is -2.23. The molecule has 0 radical (unpaired) electrons. The number of allylic oxidation sites excluding steroid dienone is 1. The maximum absolute atomic E-state index is 13.3. The summed E-state index contributed by atoms with van der Waals surface area (Å²) in [5.74, 6) is 1.49. The number of hydrogen-bond acceptors (Lipinski definition) is 3. The van der Waals surface area contributed by atoms with Crippen molar-refractivity contribution in [1.82, 2.24) is 14.5 Å². The number of aromatic nitrogens is 2. The van der Waals surface area contributed by atoms with Crippen LogP contribution in [0.1, 0.15) is 38.4 Å². The number of carbonyl (C=O) groups is 1. The zero-order chi connectivity index (χ0) is 24.2. The first-order chi connectivity index (χ1) is 16.4. The van der Waals surface area contributed by atoms with E-state index in [1.807, 2.05) is 67.1 Å². The lowest BCUT2D eigenvalue weighted by Gasteiger charge is -2.18. The number of ether oxygens (including phenoxy) is 1. The van der Waals surface area contributed by atoms with Crippen molar-refractivity contribution >= 4 is 23.0 Å². The lowest BCUT2D eigenvalue weighted by molar-refractivity contribution is 0.0826. The topological polar surface area (TPSA) is 47.4 Å². The molecule has 0 spiro atoms. The molecule has 0 bridgehead atoms. The van der Waals surface area contributed by atoms with E-state index in [2.05, 4.69) is 31.2 Å². The molecule has 0 N–H and O–H groups in total. The van der Waals surface area contributed by atoms with Crippen LogP contribution in [-0.4, -0.2) is 34.5 Å². The van der Waals surface area contributed by atoms with Gasteiger partial charge in [0, 0.05) is 32.3 Å². The van der Waals surface area contributed by atoms with Crippen molar-refractivity contribution in [2.75, 3.05) is 14.1 Å². The number of carbonyl (C=O) groups excluding carboxylic acids is 1. The second-order valence-electron chi connectivity index (χ2n) is 8.75. The van der Waals surface area contributed by atoms with Gasteiger partial charge in [-0.05, 0) is 43.0 Å². The Kier molecular flexibility index (Phi) is 6.82. The van der Waals surface area contributed by atoms with Crippen molar-refractivity contribution in [2.45, 2.75) is 26.9 Å². The first-order valence-electron chi connectivity index (χ1n) is 11.5. The minimum absolute atomic E-state index is 0.0513. The molecule has 0 aliphatic heterocycles. The van der Waals surface area contributed by atoms with Crippen LogP contribution in [0.5, 0.6) is 5.75 Å². The van der Waals surface area contributed by atoms with E-state index in [9.17, 15) is 4.79 Å². The highest BCUT2D eigenvalue weighted by atomic mass is 16.5. The second kappa shape index (κ2) is 9.96. The number of imidazole rings is 1. The van der Waals surface area contributed by atoms with Gasteiger partial charge in [-0.25, -0.2) is 4.98 Å². The molecular weight excluding hydrogens is 422 g/mol. The number of benzene rings is 3. The van der Waals surface area contributed by atoms with Crippen molar-refractivity contribution in [3.05, 3.63) is 100 Å². The highest BCUT2D eigenvalue weighted by Crippen LogP contribution is 2.35. The van der Waals surface area contributed by atoms with Crippen LogP contribution in [0.25, 0.3) is 17.1 Å². The van der Waals surface area contributed by atoms with Gasteiger partial charge in [-0.2, -0.15) is 0 Å². The summed E-state index contributed by atoms with van der Waals surface area (Å²) in [7, 11) is 5.52. The van der Waals surface area contributed by atoms with Crippen molar-refractivity contribution in [3.63, 3.8) is 0 Å². The normalized spacial score (nSPS) is 11.3. The predicted octanol–water partition coefficient (Wildman–Crippen LogP) is 5.73. The second-order valence-corrected chi connectivity index (χ2v) is 8.75. The van der Waals surface area contributed by atoms with Crippen molar-refractivity contribution in [1.29, 1.82) is 0 Å². The van der Waals surface area contributed by atoms with Crippen LogP contribution < -0.4 is 4.74 Å². The average molecular weight is 454 g/mol. The fraction of sp³-hybridized carbons (Fsp3) is 0.241. The Morgan fingerprint density at radius 1 is 1.06 bits per heavy atom. The fourth-order valence-corrected chi connectivity index (χ4v) is 4.05. The van der Waals surface area contributed by atoms with E-state index in [0.717, 1.165) is 33.5 Å². The van der Waals surface area contributed by atoms with Gasteiger partial charge in [0.25, 0.3) is 5.91 Å². The van der Waals surface area contributed by atoms with Crippen LogP contribution in [-0.2, 0) is 20.1 Å². The SMILES string of the molecule is Cc1ccccc1/C=C/Cc1c(C(=O)N(C)C)cc2c(nc(C)n2C)c1OCc1ccccc1. The van der Waals surface area contributed by atoms with Gasteiger partial charge in [0.1, 0.15) is 17.9 Å². The Balaban J connectivity index is 1.84. The van der Waals surface area contributed by atoms with Crippen LogP contribution in [0.15, 0.2) is 66.7 Å². The summed E-state index contributed by atoms with van der Waals surface area (Å²) in [6, 6.07) is 20.3. The van der Waals surface area contributed by atoms with Crippen molar-refractivity contribution in [3.8, 4) is 5.75 Å². The van der Waals surface area contributed by atoms with E-state index in [1.54, 1.807) is 19.0 Å². The molecular formula is C29H31N3O2. The van der Waals surface area contributed by atoms with Crippen LogP contribution in [0, 0.1) is 13.8 Å². The van der Waals surface area contributed by atoms with E-state index in [4.69, 9.17) is 9.72 Å². The highest BCUT2D eigenvalue weighted by Gasteiger charge is 2.23. The van der Waals surface area contributed by atoms with E-state index in [-0.39, 0.29) is 5.91 Å². The summed E-state index contributed by atoms with van der Waals surface area (Å²) >= 11 is 0. The van der Waals surface area contributed by atoms with Gasteiger partial charge in [-0.15, -0.1) is 0 Å². The van der Waals surface area contributed by atoms with Gasteiger partial charge in [0.05, 0.1) is 5.52 Å². The van der Waals surface area contributed by atoms with Gasteiger partial charge in [-0.3, -0.25) is 4.79 Å². The van der Waals surface area contributed by atoms with Gasteiger partial charge in [0.2, 0.25) is 0 Å². The Hall–Kier alpha value is -3.86. The van der Waals surface area contributed by atoms with E-state index in [1.165, 1.54) is 5.56 Å². The number of fused-ring (bicyclic) bond motifs is 1. The number of hydrogen-bond donors (Lipinski definition) is 0. The number of amides is 1. The molecule has 0 aliphatic rings. The number of aryl methyl sites for hydroxylation is 3. The summed E-state index contributed by atoms with van der Waals surface area (Å²) < 4.78 is 8.43. The van der Waals surface area contributed by atoms with E-state index < -0.39 is 0 Å². The summed E-state index contributed by atoms with van der Waals surface area (Å²) in [5.41, 5.74) is 6.59. The van der Waals surface area contributed by atoms with Gasteiger partial charge >= 0.3 is 0 Å². The Bertz CT molecular complexity index is 1350. The van der Waals surface area contributed by atoms with Gasteiger partial charge < -0.3 is 14.2 Å². The molecule has 1 heterocycles. The minimum Gasteiger partial charge on any atom is -0.486 e. The third kappa shape index (κ3) is 4.74. The predicted molar refractivity (Wildman–Crippen MR) is 138 cm³/mol. The number of rotatable bonds is 7. The van der Waals surface area contributed by atoms with Gasteiger partial charge in [-0.1, -0.05) is 66.7 Å². The molecule has 1 aromatic heterocycles. The lowest BCUT2D eigenvalue weighted by atomic mass is 9.99. The largest absolute Gasteiger partial charge is 0.486 e. The van der Waals surface area contributed by atoms with Crippen LogP contribution >= 0.6 is 0 Å². The first kappa shape index (κ1) is 23.3. The minimum atomic E-state index is -0.0513. The van der Waals surface area contributed by atoms with Crippen molar-refractivity contribution in [2.24, 2.45) is 7.05 Å². The average Bonchev–Trinajstić information content (AvgIpc) is 3.12. The smallest absolute Gasteiger partial charge is 0.253 e. The summed E-state index contributed by atoms with van der Waals surface area (Å²) in [4.78, 5) is 19.7. The van der Waals surface area contributed by atoms with Crippen LogP contribution in [0.3, 0.4) is 0 Å². The number of nitrogens with zero attached hydrogens (tertiary/aromatic N) is 3. The van der Waals surface area contributed by atoms with Crippen LogP contribution in [0.4, 0.5) is 0 Å². The maximum atomic E-state index is 13.3. The molecule has 34 heavy (non-hydrogen) atoms. The molecule has 5 nitrogen and oxygen atoms in total. The quantitative estimate of drug-likeness (QED) is 0.359. The molecule has 174 valence electrons. The molecule has 3 aromatic carbocycles. The monoisotopic (exact) mass is 453 g/mol. The molecule has 0 aliphatic carbocycles. The standard InChI is InChI=1S/C29H31N3O2/c1-20-12-9-10-15-23(20)16-11-17-24-25(29(33)31(3)4)18-26-27(30-21(2)32(26)5)28(24)34-19-22-13-7-6-8-14-22/h6-16,18H,17,19H2,1-5H3/b16-11+. The summed E-state index contributed by atoms with van der Waals surface area (Å²) in [6.45, 7) is 4.46. The molecule has 5 heteroatoms. The van der Waals surface area contributed by atoms with E-state index in [0.29, 0.717) is 24.3 Å². The Morgan fingerprint density at radius 2 is 1.76 bits per heavy atom. The molecule has 0 saturated carbocycles. The molecule has 4 rings (SSSR count). The Morgan fingerprint density at radius 3 is 2.47 bits per heavy atom. The Labute approximate surface area is 201 Å². The van der Waals surface area contributed by atoms with E-state index >= 15 is 0 Å². The molecule has 0 atom stereocenters. The molecule has 0 saturated heterocycles. The maximum Gasteiger partial charge on any atom is 0.253 e. The third-order valence-electron chi connectivity index (χ3n) is 6.13. The van der Waals surface area contributed by atoms with Crippen molar-refractivity contribution < 1.29 is 9.53 Å². The zero-order valence-electron chi connectivity index (χ0n) is 20.5. The first-order valence-corrected chi connectivity index (χ1v) is 11.5. The zero-order valence-corrected chi connectivity index (χ0v) is 20.5. The highest BCUT2D eigenvalue weighted by molar-refractivity contribution is 6.01. The molecule has 0 fully saturated rings. The molecule has 4 aromatic rings. The third-order valence-corrected chi connectivity index (χ3v) is 6.13. The summed E-state index contributed by atoms with van der Waals surface area (Å²) in [5, 5.41) is 0. The van der Waals surface area contributed by atoms with Gasteiger partial charge in [0.15, 0.2) is 5.75 Å². The summed E-state index contributed by atoms with van der Waals surface area (Å²) in [6.07, 6.45) is 4.76. The van der Waals surface area contributed by atoms with Crippen LogP contribution in [0.2, 0.25) is 0 Å².